The summed E-state index contributed by atoms with van der Waals surface area (Å²) in [4.78, 5) is 11.1. The molecule has 0 aliphatic heterocycles. The van der Waals surface area contributed by atoms with Crippen LogP contribution in [0.5, 0.6) is 0 Å². The van der Waals surface area contributed by atoms with E-state index in [0.29, 0.717) is 5.02 Å². The summed E-state index contributed by atoms with van der Waals surface area (Å²) in [6.45, 7) is 5.99. The van der Waals surface area contributed by atoms with Crippen molar-refractivity contribution in [1.82, 2.24) is 0 Å². The Labute approximate surface area is 100 Å². The lowest BCUT2D eigenvalue weighted by Gasteiger charge is -2.07. The van der Waals surface area contributed by atoms with Gasteiger partial charge in [-0.3, -0.25) is 4.79 Å². The second-order valence-electron chi connectivity index (χ2n) is 5.12. The Bertz CT molecular complexity index is 451. The normalized spacial score (nSPS) is 26.5. The first-order valence-electron chi connectivity index (χ1n) is 5.34. The Hall–Kier alpha value is -1.02. The summed E-state index contributed by atoms with van der Waals surface area (Å²) < 4.78 is 0. The van der Waals surface area contributed by atoms with Crippen molar-refractivity contribution < 1.29 is 9.90 Å². The number of benzene rings is 1. The lowest BCUT2D eigenvalue weighted by molar-refractivity contribution is -0.139. The van der Waals surface area contributed by atoms with Crippen LogP contribution in [0.3, 0.4) is 0 Å². The second kappa shape index (κ2) is 3.49. The van der Waals surface area contributed by atoms with Gasteiger partial charge in [0.2, 0.25) is 0 Å². The van der Waals surface area contributed by atoms with Crippen molar-refractivity contribution in [2.24, 2.45) is 11.3 Å². The smallest absolute Gasteiger partial charge is 0.307 e. The molecule has 1 aliphatic rings. The van der Waals surface area contributed by atoms with E-state index in [2.05, 4.69) is 0 Å². The molecule has 1 aliphatic carbocycles. The molecule has 2 rings (SSSR count). The van der Waals surface area contributed by atoms with Crippen LogP contribution in [0.15, 0.2) is 18.2 Å². The van der Waals surface area contributed by atoms with Crippen molar-refractivity contribution in [3.05, 3.63) is 34.3 Å². The maximum Gasteiger partial charge on any atom is 0.307 e. The van der Waals surface area contributed by atoms with Crippen LogP contribution in [-0.4, -0.2) is 11.1 Å². The van der Waals surface area contributed by atoms with E-state index >= 15 is 0 Å². The van der Waals surface area contributed by atoms with E-state index in [1.807, 2.05) is 39.0 Å². The van der Waals surface area contributed by atoms with Crippen molar-refractivity contribution >= 4 is 17.6 Å². The van der Waals surface area contributed by atoms with Crippen LogP contribution in [0.1, 0.15) is 30.9 Å². The largest absolute Gasteiger partial charge is 0.481 e. The van der Waals surface area contributed by atoms with E-state index in [0.717, 1.165) is 11.1 Å². The Morgan fingerprint density at radius 1 is 1.44 bits per heavy atom. The lowest BCUT2D eigenvalue weighted by atomic mass is 9.99. The summed E-state index contributed by atoms with van der Waals surface area (Å²) in [5.41, 5.74) is 2.04. The molecule has 2 atom stereocenters. The fourth-order valence-electron chi connectivity index (χ4n) is 2.67. The summed E-state index contributed by atoms with van der Waals surface area (Å²) in [6.07, 6.45) is 0. The molecule has 16 heavy (non-hydrogen) atoms. The predicted molar refractivity (Wildman–Crippen MR) is 63.8 cm³/mol. The first-order chi connectivity index (χ1) is 7.35. The molecule has 1 N–H and O–H groups in total. The SMILES string of the molecule is Cc1cc(Cl)ccc1C1C(C(=O)O)C1(C)C. The van der Waals surface area contributed by atoms with Crippen LogP contribution in [0.4, 0.5) is 0 Å². The fraction of sp³-hybridized carbons (Fsp3) is 0.462. The number of hydrogen-bond acceptors (Lipinski definition) is 1. The third-order valence-electron chi connectivity index (χ3n) is 3.66. The third kappa shape index (κ3) is 1.61. The lowest BCUT2D eigenvalue weighted by Crippen LogP contribution is -2.03. The van der Waals surface area contributed by atoms with Gasteiger partial charge in [-0.2, -0.15) is 0 Å². The van der Waals surface area contributed by atoms with E-state index < -0.39 is 5.97 Å². The molecule has 1 saturated carbocycles. The third-order valence-corrected chi connectivity index (χ3v) is 3.90. The van der Waals surface area contributed by atoms with Gasteiger partial charge in [0.15, 0.2) is 0 Å². The predicted octanol–water partition coefficient (Wildman–Crippen LogP) is 3.47. The number of carbonyl (C=O) groups is 1. The molecule has 3 heteroatoms. The highest BCUT2D eigenvalue weighted by molar-refractivity contribution is 6.30. The van der Waals surface area contributed by atoms with E-state index in [9.17, 15) is 4.79 Å². The molecule has 0 aromatic heterocycles. The van der Waals surface area contributed by atoms with E-state index in [-0.39, 0.29) is 17.3 Å². The van der Waals surface area contributed by atoms with Gasteiger partial charge in [-0.25, -0.2) is 0 Å². The van der Waals surface area contributed by atoms with Crippen LogP contribution < -0.4 is 0 Å². The first kappa shape index (κ1) is 11.5. The molecule has 0 heterocycles. The van der Waals surface area contributed by atoms with Gasteiger partial charge in [0, 0.05) is 10.9 Å². The number of carboxylic acid groups (broad SMARTS) is 1. The zero-order chi connectivity index (χ0) is 12.1. The van der Waals surface area contributed by atoms with Gasteiger partial charge in [0.25, 0.3) is 0 Å². The topological polar surface area (TPSA) is 37.3 Å². The van der Waals surface area contributed by atoms with Gasteiger partial charge in [-0.05, 0) is 35.6 Å². The van der Waals surface area contributed by atoms with Crippen LogP contribution in [-0.2, 0) is 4.79 Å². The summed E-state index contributed by atoms with van der Waals surface area (Å²) in [6, 6.07) is 5.68. The highest BCUT2D eigenvalue weighted by Gasteiger charge is 2.62. The molecule has 0 amide bonds. The first-order valence-corrected chi connectivity index (χ1v) is 5.72. The highest BCUT2D eigenvalue weighted by atomic mass is 35.5. The maximum atomic E-state index is 11.1. The summed E-state index contributed by atoms with van der Waals surface area (Å²) in [7, 11) is 0. The van der Waals surface area contributed by atoms with E-state index in [4.69, 9.17) is 16.7 Å². The van der Waals surface area contributed by atoms with Crippen molar-refractivity contribution in [3.63, 3.8) is 0 Å². The van der Waals surface area contributed by atoms with Gasteiger partial charge in [0.1, 0.15) is 0 Å². The quantitative estimate of drug-likeness (QED) is 0.857. The standard InChI is InChI=1S/C13H15ClO2/c1-7-6-8(14)4-5-9(7)10-11(12(15)16)13(10,2)3/h4-6,10-11H,1-3H3,(H,15,16). The van der Waals surface area contributed by atoms with E-state index in [1.165, 1.54) is 0 Å². The molecule has 0 saturated heterocycles. The van der Waals surface area contributed by atoms with E-state index in [1.54, 1.807) is 0 Å². The van der Waals surface area contributed by atoms with Crippen molar-refractivity contribution in [2.45, 2.75) is 26.7 Å². The second-order valence-corrected chi connectivity index (χ2v) is 5.55. The Balaban J connectivity index is 2.37. The van der Waals surface area contributed by atoms with Crippen molar-refractivity contribution in [1.29, 1.82) is 0 Å². The minimum absolute atomic E-state index is 0.113. The van der Waals surface area contributed by atoms with Gasteiger partial charge in [-0.15, -0.1) is 0 Å². The molecule has 2 nitrogen and oxygen atoms in total. The summed E-state index contributed by atoms with van der Waals surface area (Å²) >= 11 is 5.90. The van der Waals surface area contributed by atoms with Crippen molar-refractivity contribution in [3.8, 4) is 0 Å². The summed E-state index contributed by atoms with van der Waals surface area (Å²) in [5.74, 6) is -0.862. The number of rotatable bonds is 2. The average molecular weight is 239 g/mol. The van der Waals surface area contributed by atoms with Crippen molar-refractivity contribution in [2.75, 3.05) is 0 Å². The molecular formula is C13H15ClO2. The molecule has 2 unspecified atom stereocenters. The van der Waals surface area contributed by atoms with Crippen LogP contribution >= 0.6 is 11.6 Å². The molecule has 0 radical (unpaired) electrons. The number of halogens is 1. The van der Waals surface area contributed by atoms with Gasteiger partial charge in [-0.1, -0.05) is 31.5 Å². The molecule has 1 aromatic carbocycles. The Morgan fingerprint density at radius 3 is 2.50 bits per heavy atom. The maximum absolute atomic E-state index is 11.1. The number of aryl methyl sites for hydroxylation is 1. The van der Waals surface area contributed by atoms with Crippen LogP contribution in [0, 0.1) is 18.3 Å². The number of carboxylic acids is 1. The zero-order valence-electron chi connectivity index (χ0n) is 9.62. The van der Waals surface area contributed by atoms with Gasteiger partial charge >= 0.3 is 5.97 Å². The molecular weight excluding hydrogens is 224 g/mol. The van der Waals surface area contributed by atoms with Crippen LogP contribution in [0.2, 0.25) is 5.02 Å². The Morgan fingerprint density at radius 2 is 2.06 bits per heavy atom. The average Bonchev–Trinajstić information content (AvgIpc) is 2.69. The summed E-state index contributed by atoms with van der Waals surface area (Å²) in [5, 5.41) is 9.84. The van der Waals surface area contributed by atoms with Gasteiger partial charge in [0.05, 0.1) is 5.92 Å². The fourth-order valence-corrected chi connectivity index (χ4v) is 2.89. The highest BCUT2D eigenvalue weighted by Crippen LogP contribution is 2.64. The molecule has 0 spiro atoms. The minimum Gasteiger partial charge on any atom is -0.481 e. The molecule has 1 aromatic rings. The van der Waals surface area contributed by atoms with Crippen LogP contribution in [0.25, 0.3) is 0 Å². The molecule has 86 valence electrons. The monoisotopic (exact) mass is 238 g/mol. The number of hydrogen-bond donors (Lipinski definition) is 1. The molecule has 0 bridgehead atoms. The number of aliphatic carboxylic acids is 1. The van der Waals surface area contributed by atoms with Gasteiger partial charge < -0.3 is 5.11 Å². The Kier molecular flexibility index (Phi) is 2.50. The zero-order valence-corrected chi connectivity index (χ0v) is 10.4. The molecule has 1 fully saturated rings. The minimum atomic E-state index is -0.704.